The lowest BCUT2D eigenvalue weighted by atomic mass is 9.92. The van der Waals surface area contributed by atoms with Gasteiger partial charge in [-0.3, -0.25) is 0 Å². The van der Waals surface area contributed by atoms with Gasteiger partial charge in [-0.25, -0.2) is 9.98 Å². The Morgan fingerprint density at radius 2 is 0.663 bits per heavy atom. The number of nitrogens with zero attached hydrogens (tertiary/aromatic N) is 4. The van der Waals surface area contributed by atoms with Crippen molar-refractivity contribution in [3.05, 3.63) is 285 Å². The molecule has 3 heterocycles. The summed E-state index contributed by atoms with van der Waals surface area (Å²) in [6.45, 7) is 20.1. The van der Waals surface area contributed by atoms with Crippen molar-refractivity contribution in [3.63, 3.8) is 0 Å². The first-order valence-electron chi connectivity index (χ1n) is 29.0. The fraction of sp³-hybridized carbons (Fsp3) is 0.128. The molecule has 0 fully saturated rings. The minimum atomic E-state index is -0.392. The molecule has 5 heteroatoms. The predicted octanol–water partition coefficient (Wildman–Crippen LogP) is 19.8. The molecule has 0 saturated heterocycles. The third kappa shape index (κ3) is 9.05. The van der Waals surface area contributed by atoms with Crippen molar-refractivity contribution in [1.82, 2.24) is 14.5 Å². The molecule has 11 aromatic carbocycles. The summed E-state index contributed by atoms with van der Waals surface area (Å²) in [5, 5.41) is 8.65. The molecule has 13 aromatic rings. The molecule has 0 spiro atoms. The summed E-state index contributed by atoms with van der Waals surface area (Å²) in [5.41, 5.74) is 30.6. The van der Waals surface area contributed by atoms with Gasteiger partial charge in [0.1, 0.15) is 12.0 Å². The summed E-state index contributed by atoms with van der Waals surface area (Å²) in [7, 11) is 0. The van der Waals surface area contributed by atoms with Gasteiger partial charge in [0, 0.05) is 44.0 Å². The van der Waals surface area contributed by atoms with Crippen LogP contribution in [-0.2, 0) is 0 Å². The number of aryl methyl sites for hydroxylation is 9. The SMILES string of the molecule is Cc1cc(C)c(-c2ccc3c4ccc(-c5ccccc5)cc4n(-c4cc(C5=NC(c6ccccc6)=NC(c6ccccc6)N5)cc(-n5c6cc(-c7c(C)cc(C)cc7C)ccc6c6ccc(-c7c(C)cc(C)cc7C)cc65)c4)c3c2)c(C)c1. The van der Waals surface area contributed by atoms with Crippen LogP contribution in [0.15, 0.2) is 228 Å². The molecule has 402 valence electrons. The summed E-state index contributed by atoms with van der Waals surface area (Å²) < 4.78 is 5.04. The van der Waals surface area contributed by atoms with Gasteiger partial charge in [0.05, 0.1) is 22.1 Å². The average molecular weight is 1070 g/mol. The summed E-state index contributed by atoms with van der Waals surface area (Å²) >= 11 is 0. The molecule has 83 heavy (non-hydrogen) atoms. The van der Waals surface area contributed by atoms with E-state index in [0.29, 0.717) is 5.84 Å². The maximum atomic E-state index is 5.52. The van der Waals surface area contributed by atoms with E-state index in [2.05, 4.69) is 289 Å². The van der Waals surface area contributed by atoms with Crippen LogP contribution in [0, 0.1) is 62.3 Å². The molecular weight excluding hydrogens is 1010 g/mol. The Kier molecular flexibility index (Phi) is 12.6. The molecule has 5 nitrogen and oxygen atoms in total. The monoisotopic (exact) mass is 1070 g/mol. The van der Waals surface area contributed by atoms with Crippen LogP contribution in [-0.4, -0.2) is 20.8 Å². The maximum Gasteiger partial charge on any atom is 0.159 e. The number of hydrogen-bond acceptors (Lipinski definition) is 3. The second-order valence-corrected chi connectivity index (χ2v) is 23.3. The molecule has 0 saturated carbocycles. The quantitative estimate of drug-likeness (QED) is 0.154. The molecule has 1 aliphatic rings. The first-order chi connectivity index (χ1) is 40.3. The zero-order valence-electron chi connectivity index (χ0n) is 48.7. The fourth-order valence-electron chi connectivity index (χ4n) is 13.9. The normalized spacial score (nSPS) is 13.5. The molecule has 0 radical (unpaired) electrons. The molecule has 14 rings (SSSR count). The zero-order valence-corrected chi connectivity index (χ0v) is 48.7. The first-order valence-corrected chi connectivity index (χ1v) is 29.0. The Hall–Kier alpha value is -9.84. The number of hydrogen-bond donors (Lipinski definition) is 1. The van der Waals surface area contributed by atoms with E-state index < -0.39 is 6.17 Å². The fourth-order valence-corrected chi connectivity index (χ4v) is 13.9. The van der Waals surface area contributed by atoms with Crippen LogP contribution < -0.4 is 5.32 Å². The highest BCUT2D eigenvalue weighted by atomic mass is 15.2. The largest absolute Gasteiger partial charge is 0.344 e. The molecule has 0 bridgehead atoms. The maximum absolute atomic E-state index is 5.52. The van der Waals surface area contributed by atoms with Gasteiger partial charge in [-0.1, -0.05) is 193 Å². The van der Waals surface area contributed by atoms with Crippen molar-refractivity contribution in [2.24, 2.45) is 9.98 Å². The second-order valence-electron chi connectivity index (χ2n) is 23.3. The molecule has 1 aliphatic heterocycles. The van der Waals surface area contributed by atoms with Crippen LogP contribution in [0.25, 0.3) is 99.5 Å². The summed E-state index contributed by atoms with van der Waals surface area (Å²) in [6, 6.07) is 80.9. The summed E-state index contributed by atoms with van der Waals surface area (Å²) in [5.74, 6) is 1.42. The minimum Gasteiger partial charge on any atom is -0.344 e. The van der Waals surface area contributed by atoms with E-state index in [0.717, 1.165) is 61.5 Å². The number of aromatic nitrogens is 2. The number of rotatable bonds is 9. The smallest absolute Gasteiger partial charge is 0.159 e. The van der Waals surface area contributed by atoms with Crippen LogP contribution in [0.4, 0.5) is 0 Å². The van der Waals surface area contributed by atoms with Crippen molar-refractivity contribution >= 4 is 55.3 Å². The molecule has 1 atom stereocenters. The van der Waals surface area contributed by atoms with Crippen LogP contribution in [0.5, 0.6) is 0 Å². The molecule has 0 amide bonds. The van der Waals surface area contributed by atoms with Crippen LogP contribution >= 0.6 is 0 Å². The summed E-state index contributed by atoms with van der Waals surface area (Å²) in [4.78, 5) is 10.9. The van der Waals surface area contributed by atoms with E-state index in [1.165, 1.54) is 111 Å². The third-order valence-corrected chi connectivity index (χ3v) is 17.1. The second kappa shape index (κ2) is 20.3. The van der Waals surface area contributed by atoms with E-state index in [4.69, 9.17) is 9.98 Å². The van der Waals surface area contributed by atoms with E-state index in [-0.39, 0.29) is 0 Å². The number of benzene rings is 11. The Morgan fingerprint density at radius 3 is 1.06 bits per heavy atom. The van der Waals surface area contributed by atoms with Gasteiger partial charge >= 0.3 is 0 Å². The summed E-state index contributed by atoms with van der Waals surface area (Å²) in [6.07, 6.45) is -0.392. The Labute approximate surface area is 486 Å². The molecular formula is C78H65N5. The van der Waals surface area contributed by atoms with Crippen molar-refractivity contribution in [2.75, 3.05) is 0 Å². The Balaban J connectivity index is 1.11. The molecule has 2 aromatic heterocycles. The first kappa shape index (κ1) is 51.3. The van der Waals surface area contributed by atoms with Crippen molar-refractivity contribution in [1.29, 1.82) is 0 Å². The number of fused-ring (bicyclic) bond motifs is 6. The minimum absolute atomic E-state index is 0.392. The topological polar surface area (TPSA) is 46.6 Å². The highest BCUT2D eigenvalue weighted by Crippen LogP contribution is 2.43. The van der Waals surface area contributed by atoms with Crippen molar-refractivity contribution in [3.8, 4) is 55.9 Å². The van der Waals surface area contributed by atoms with Gasteiger partial charge in [0.2, 0.25) is 0 Å². The van der Waals surface area contributed by atoms with Crippen LogP contribution in [0.3, 0.4) is 0 Å². The molecule has 1 unspecified atom stereocenters. The van der Waals surface area contributed by atoms with Crippen molar-refractivity contribution < 1.29 is 0 Å². The van der Waals surface area contributed by atoms with E-state index in [1.54, 1.807) is 0 Å². The third-order valence-electron chi connectivity index (χ3n) is 17.1. The Morgan fingerprint density at radius 1 is 0.313 bits per heavy atom. The lowest BCUT2D eigenvalue weighted by molar-refractivity contribution is 0.674. The zero-order chi connectivity index (χ0) is 56.8. The van der Waals surface area contributed by atoms with Gasteiger partial charge in [0.25, 0.3) is 0 Å². The van der Waals surface area contributed by atoms with E-state index in [9.17, 15) is 0 Å². The van der Waals surface area contributed by atoms with Gasteiger partial charge in [0.15, 0.2) is 5.84 Å². The highest BCUT2D eigenvalue weighted by Gasteiger charge is 2.26. The number of nitrogens with one attached hydrogen (secondary N) is 1. The van der Waals surface area contributed by atoms with Gasteiger partial charge in [-0.05, 0) is 188 Å². The van der Waals surface area contributed by atoms with E-state index >= 15 is 0 Å². The standard InChI is InChI=1S/C78H65N5/c1-46-33-49(4)73(50(5)34-46)59-26-30-66-65-29-25-58(55-19-13-10-14-20-55)41-69(65)82(70(66)42-59)63-39-62(78-80-76(56-21-15-11-16-22-56)79-77(81-78)57-23-17-12-18-24-57)40-64(45-63)83-71-43-60(74-51(6)35-47(2)36-52(74)7)27-31-67(71)68-32-28-61(44-72(68)83)75-53(8)37-48(3)38-54(75)9/h10-45,76H,1-9H3,(H,79,80,81). The van der Waals surface area contributed by atoms with E-state index in [1.807, 2.05) is 6.07 Å². The highest BCUT2D eigenvalue weighted by molar-refractivity contribution is 6.16. The van der Waals surface area contributed by atoms with Gasteiger partial charge in [-0.2, -0.15) is 0 Å². The lowest BCUT2D eigenvalue weighted by Gasteiger charge is -2.25. The Bertz CT molecular complexity index is 4660. The number of amidine groups is 2. The molecule has 0 aliphatic carbocycles. The predicted molar refractivity (Wildman–Crippen MR) is 351 cm³/mol. The average Bonchev–Trinajstić information content (AvgIpc) is 3.46. The van der Waals surface area contributed by atoms with Gasteiger partial charge in [-0.15, -0.1) is 0 Å². The van der Waals surface area contributed by atoms with Crippen LogP contribution in [0.2, 0.25) is 0 Å². The van der Waals surface area contributed by atoms with Gasteiger partial charge < -0.3 is 14.5 Å². The lowest BCUT2D eigenvalue weighted by Crippen LogP contribution is -2.33. The van der Waals surface area contributed by atoms with Crippen LogP contribution in [0.1, 0.15) is 72.9 Å². The molecule has 1 N–H and O–H groups in total. The number of aliphatic imine (C=N–C) groups is 2. The van der Waals surface area contributed by atoms with Crippen molar-refractivity contribution in [2.45, 2.75) is 68.5 Å².